The number of hydrogen-bond donors (Lipinski definition) is 1. The van der Waals surface area contributed by atoms with Crippen molar-refractivity contribution in [3.8, 4) is 0 Å². The van der Waals surface area contributed by atoms with Crippen LogP contribution in [0.2, 0.25) is 0 Å². The van der Waals surface area contributed by atoms with Crippen LogP contribution in [0.5, 0.6) is 0 Å². The summed E-state index contributed by atoms with van der Waals surface area (Å²) in [5, 5.41) is 3.92. The van der Waals surface area contributed by atoms with E-state index < -0.39 is 0 Å². The fourth-order valence-electron chi connectivity index (χ4n) is 4.32. The van der Waals surface area contributed by atoms with Crippen molar-refractivity contribution in [2.75, 3.05) is 0 Å². The van der Waals surface area contributed by atoms with Crippen molar-refractivity contribution in [1.82, 2.24) is 5.32 Å². The minimum Gasteiger partial charge on any atom is -0.381 e. The van der Waals surface area contributed by atoms with Crippen molar-refractivity contribution >= 4 is 5.70 Å². The van der Waals surface area contributed by atoms with Crippen LogP contribution in [0.15, 0.2) is 18.2 Å². The molecule has 0 aliphatic carbocycles. The van der Waals surface area contributed by atoms with Gasteiger partial charge in [-0.15, -0.1) is 0 Å². The highest BCUT2D eigenvalue weighted by Crippen LogP contribution is 2.34. The van der Waals surface area contributed by atoms with Crippen LogP contribution in [0.4, 0.5) is 4.39 Å². The van der Waals surface area contributed by atoms with E-state index in [0.717, 1.165) is 29.2 Å². The normalized spacial score (nSPS) is 15.9. The molecule has 0 aliphatic rings. The van der Waals surface area contributed by atoms with Gasteiger partial charge in [-0.1, -0.05) is 85.9 Å². The van der Waals surface area contributed by atoms with Crippen LogP contribution in [0.1, 0.15) is 104 Å². The molecule has 0 saturated carbocycles. The summed E-state index contributed by atoms with van der Waals surface area (Å²) >= 11 is 0. The summed E-state index contributed by atoms with van der Waals surface area (Å²) in [6.45, 7) is 19.8. The topological polar surface area (TPSA) is 12.0 Å². The van der Waals surface area contributed by atoms with E-state index in [0.29, 0.717) is 17.5 Å². The molecule has 3 unspecified atom stereocenters. The molecule has 0 amide bonds. The van der Waals surface area contributed by atoms with E-state index in [1.165, 1.54) is 32.1 Å². The summed E-state index contributed by atoms with van der Waals surface area (Å²) in [7, 11) is 0. The Labute approximate surface area is 180 Å². The quantitative estimate of drug-likeness (QED) is 0.391. The standard InChI is InChI=1S/C27H46FN/c1-10-13-22(17-15-19(4)12-3)26(27(7,8)9)29-24(14-11-2)23-18-16-20(5)25(28)21(23)6/h14,16,18-19,22,26,29H,10-13,15,17H2,1-9H3/b24-14-. The van der Waals surface area contributed by atoms with Crippen molar-refractivity contribution in [3.63, 3.8) is 0 Å². The molecular formula is C27H46FN. The SMILES string of the molecule is CC/C=C(\NC(C(CCC)CCC(C)CC)C(C)(C)C)c1ccc(C)c(F)c1C. The molecule has 0 spiro atoms. The van der Waals surface area contributed by atoms with E-state index in [1.807, 2.05) is 19.9 Å². The molecule has 0 saturated heterocycles. The van der Waals surface area contributed by atoms with Gasteiger partial charge in [-0.2, -0.15) is 0 Å². The van der Waals surface area contributed by atoms with Gasteiger partial charge in [0.05, 0.1) is 0 Å². The summed E-state index contributed by atoms with van der Waals surface area (Å²) in [6.07, 6.45) is 9.36. The molecule has 0 aliphatic heterocycles. The highest BCUT2D eigenvalue weighted by molar-refractivity contribution is 5.67. The largest absolute Gasteiger partial charge is 0.381 e. The Bertz CT molecular complexity index is 653. The fraction of sp³-hybridized carbons (Fsp3) is 0.704. The van der Waals surface area contributed by atoms with E-state index >= 15 is 0 Å². The molecule has 0 heterocycles. The van der Waals surface area contributed by atoms with Gasteiger partial charge in [0.15, 0.2) is 0 Å². The van der Waals surface area contributed by atoms with Crippen LogP contribution in [0.3, 0.4) is 0 Å². The molecule has 166 valence electrons. The maximum atomic E-state index is 14.6. The van der Waals surface area contributed by atoms with E-state index in [2.05, 4.69) is 65.9 Å². The second-order valence-corrected chi connectivity index (χ2v) is 10.0. The molecule has 3 atom stereocenters. The highest BCUT2D eigenvalue weighted by Gasteiger charge is 2.32. The predicted octanol–water partition coefficient (Wildman–Crippen LogP) is 8.44. The molecule has 0 fully saturated rings. The first kappa shape index (κ1) is 25.7. The maximum Gasteiger partial charge on any atom is 0.129 e. The zero-order valence-electron chi connectivity index (χ0n) is 20.6. The Balaban J connectivity index is 3.28. The first-order valence-electron chi connectivity index (χ1n) is 11.8. The van der Waals surface area contributed by atoms with Crippen molar-refractivity contribution in [2.24, 2.45) is 17.3 Å². The number of benzene rings is 1. The third kappa shape index (κ3) is 7.46. The van der Waals surface area contributed by atoms with Crippen molar-refractivity contribution in [3.05, 3.63) is 40.7 Å². The number of halogens is 1. The first-order valence-corrected chi connectivity index (χ1v) is 11.8. The lowest BCUT2D eigenvalue weighted by Gasteiger charge is -2.40. The average molecular weight is 404 g/mol. The van der Waals surface area contributed by atoms with Crippen LogP contribution in [0, 0.1) is 36.9 Å². The Morgan fingerprint density at radius 1 is 1.07 bits per heavy atom. The monoisotopic (exact) mass is 403 g/mol. The van der Waals surface area contributed by atoms with E-state index in [-0.39, 0.29) is 11.2 Å². The molecule has 2 heteroatoms. The second kappa shape index (κ2) is 11.8. The van der Waals surface area contributed by atoms with Crippen LogP contribution < -0.4 is 5.32 Å². The molecule has 0 radical (unpaired) electrons. The van der Waals surface area contributed by atoms with E-state index in [4.69, 9.17) is 0 Å². The average Bonchev–Trinajstić information content (AvgIpc) is 2.66. The zero-order chi connectivity index (χ0) is 22.2. The first-order chi connectivity index (χ1) is 13.6. The summed E-state index contributed by atoms with van der Waals surface area (Å²) < 4.78 is 14.6. The Hall–Kier alpha value is -1.31. The number of hydrogen-bond acceptors (Lipinski definition) is 1. The Morgan fingerprint density at radius 2 is 1.72 bits per heavy atom. The van der Waals surface area contributed by atoms with Gasteiger partial charge in [-0.05, 0) is 61.5 Å². The van der Waals surface area contributed by atoms with Crippen LogP contribution in [-0.2, 0) is 0 Å². The van der Waals surface area contributed by atoms with Gasteiger partial charge in [-0.3, -0.25) is 0 Å². The molecule has 1 nitrogen and oxygen atoms in total. The summed E-state index contributed by atoms with van der Waals surface area (Å²) in [4.78, 5) is 0. The molecule has 0 aromatic heterocycles. The van der Waals surface area contributed by atoms with Crippen LogP contribution in [-0.4, -0.2) is 6.04 Å². The van der Waals surface area contributed by atoms with Crippen molar-refractivity contribution < 1.29 is 4.39 Å². The lowest BCUT2D eigenvalue weighted by atomic mass is 9.74. The van der Waals surface area contributed by atoms with Gasteiger partial charge in [0.1, 0.15) is 5.82 Å². The number of aryl methyl sites for hydroxylation is 1. The van der Waals surface area contributed by atoms with Gasteiger partial charge < -0.3 is 5.32 Å². The Morgan fingerprint density at radius 3 is 2.24 bits per heavy atom. The molecule has 29 heavy (non-hydrogen) atoms. The fourth-order valence-corrected chi connectivity index (χ4v) is 4.32. The van der Waals surface area contributed by atoms with Crippen LogP contribution >= 0.6 is 0 Å². The van der Waals surface area contributed by atoms with Gasteiger partial charge in [0.2, 0.25) is 0 Å². The van der Waals surface area contributed by atoms with Crippen molar-refractivity contribution in [1.29, 1.82) is 0 Å². The molecule has 0 bridgehead atoms. The van der Waals surface area contributed by atoms with Gasteiger partial charge in [0, 0.05) is 17.3 Å². The minimum atomic E-state index is -0.0829. The zero-order valence-corrected chi connectivity index (χ0v) is 20.6. The third-order valence-electron chi connectivity index (χ3n) is 6.38. The maximum absolute atomic E-state index is 14.6. The highest BCUT2D eigenvalue weighted by atomic mass is 19.1. The summed E-state index contributed by atoms with van der Waals surface area (Å²) in [5.74, 6) is 1.31. The Kier molecular flexibility index (Phi) is 10.4. The minimum absolute atomic E-state index is 0.0829. The van der Waals surface area contributed by atoms with E-state index in [9.17, 15) is 4.39 Å². The smallest absolute Gasteiger partial charge is 0.129 e. The summed E-state index contributed by atoms with van der Waals surface area (Å²) in [6, 6.07) is 4.34. The lowest BCUT2D eigenvalue weighted by Crippen LogP contribution is -2.45. The molecule has 1 aromatic rings. The number of nitrogens with one attached hydrogen (secondary N) is 1. The van der Waals surface area contributed by atoms with Gasteiger partial charge in [-0.25, -0.2) is 4.39 Å². The number of allylic oxidation sites excluding steroid dienone is 1. The van der Waals surface area contributed by atoms with Crippen molar-refractivity contribution in [2.45, 2.75) is 107 Å². The van der Waals surface area contributed by atoms with Gasteiger partial charge >= 0.3 is 0 Å². The predicted molar refractivity (Wildman–Crippen MR) is 128 cm³/mol. The summed E-state index contributed by atoms with van der Waals surface area (Å²) in [5.41, 5.74) is 3.68. The molecule has 1 aromatic carbocycles. The third-order valence-corrected chi connectivity index (χ3v) is 6.38. The molecular weight excluding hydrogens is 357 g/mol. The van der Waals surface area contributed by atoms with E-state index in [1.54, 1.807) is 0 Å². The molecule has 1 N–H and O–H groups in total. The van der Waals surface area contributed by atoms with Gasteiger partial charge in [0.25, 0.3) is 0 Å². The van der Waals surface area contributed by atoms with Crippen LogP contribution in [0.25, 0.3) is 5.70 Å². The lowest BCUT2D eigenvalue weighted by molar-refractivity contribution is 0.185. The molecule has 1 rings (SSSR count). The number of rotatable bonds is 11. The second-order valence-electron chi connectivity index (χ2n) is 10.0.